The summed E-state index contributed by atoms with van der Waals surface area (Å²) in [6, 6.07) is 0. The minimum atomic E-state index is 0.422. The molecule has 0 saturated heterocycles. The van der Waals surface area contributed by atoms with E-state index in [9.17, 15) is 0 Å². The van der Waals surface area contributed by atoms with E-state index in [4.69, 9.17) is 0 Å². The largest absolute Gasteiger partial charge is 0.334 e. The zero-order valence-corrected chi connectivity index (χ0v) is 10.2. The average Bonchev–Trinajstić information content (AvgIpc) is 2.57. The fraction of sp³-hybridized carbons (Fsp3) is 0.769. The fourth-order valence-electron chi connectivity index (χ4n) is 2.18. The zero-order valence-electron chi connectivity index (χ0n) is 10.2. The molecule has 0 aromatic carbocycles. The summed E-state index contributed by atoms with van der Waals surface area (Å²) in [6.45, 7) is 8.04. The zero-order chi connectivity index (χ0) is 10.9. The van der Waals surface area contributed by atoms with E-state index < -0.39 is 0 Å². The summed E-state index contributed by atoms with van der Waals surface area (Å²) in [7, 11) is 0. The minimum absolute atomic E-state index is 0.422. The molecule has 0 unspecified atom stereocenters. The molecule has 2 rings (SSSR count). The lowest BCUT2D eigenvalue weighted by molar-refractivity contribution is 0.347. The second kappa shape index (κ2) is 3.99. The van der Waals surface area contributed by atoms with Gasteiger partial charge in [-0.3, -0.25) is 0 Å². The van der Waals surface area contributed by atoms with E-state index in [-0.39, 0.29) is 0 Å². The summed E-state index contributed by atoms with van der Waals surface area (Å²) < 4.78 is 2.37. The van der Waals surface area contributed by atoms with Crippen molar-refractivity contribution in [2.75, 3.05) is 0 Å². The molecule has 84 valence electrons. The van der Waals surface area contributed by atoms with Gasteiger partial charge in [0.05, 0.1) is 12.0 Å². The monoisotopic (exact) mass is 206 g/mol. The highest BCUT2D eigenvalue weighted by Crippen LogP contribution is 2.23. The molecule has 2 nitrogen and oxygen atoms in total. The van der Waals surface area contributed by atoms with Crippen LogP contribution < -0.4 is 0 Å². The van der Waals surface area contributed by atoms with Gasteiger partial charge in [0.1, 0.15) is 0 Å². The molecule has 0 aliphatic heterocycles. The van der Waals surface area contributed by atoms with Gasteiger partial charge in [0.25, 0.3) is 0 Å². The smallest absolute Gasteiger partial charge is 0.0951 e. The summed E-state index contributed by atoms with van der Waals surface area (Å²) in [5, 5.41) is 0. The van der Waals surface area contributed by atoms with Gasteiger partial charge in [-0.15, -0.1) is 0 Å². The number of fused-ring (bicyclic) bond motifs is 1. The Morgan fingerprint density at radius 2 is 2.00 bits per heavy atom. The van der Waals surface area contributed by atoms with Gasteiger partial charge < -0.3 is 4.57 Å². The van der Waals surface area contributed by atoms with Crippen LogP contribution in [0.15, 0.2) is 6.33 Å². The molecule has 0 N–H and O–H groups in total. The van der Waals surface area contributed by atoms with Crippen molar-refractivity contribution in [1.29, 1.82) is 0 Å². The lowest BCUT2D eigenvalue weighted by Gasteiger charge is -2.20. The quantitative estimate of drug-likeness (QED) is 0.726. The van der Waals surface area contributed by atoms with Crippen LogP contribution in [-0.4, -0.2) is 9.55 Å². The van der Waals surface area contributed by atoms with Gasteiger partial charge >= 0.3 is 0 Å². The maximum atomic E-state index is 4.52. The third-order valence-corrected chi connectivity index (χ3v) is 3.21. The normalized spacial score (nSPS) is 16.5. The molecule has 1 aromatic rings. The van der Waals surface area contributed by atoms with Gasteiger partial charge in [-0.1, -0.05) is 20.8 Å². The van der Waals surface area contributed by atoms with Gasteiger partial charge in [0, 0.05) is 12.2 Å². The Hall–Kier alpha value is -0.790. The second-order valence-corrected chi connectivity index (χ2v) is 5.85. The number of hydrogen-bond acceptors (Lipinski definition) is 1. The molecule has 0 radical (unpaired) electrons. The molecule has 15 heavy (non-hydrogen) atoms. The molecule has 0 spiro atoms. The molecular weight excluding hydrogens is 184 g/mol. The van der Waals surface area contributed by atoms with Crippen LogP contribution in [0.4, 0.5) is 0 Å². The Morgan fingerprint density at radius 3 is 2.73 bits per heavy atom. The number of aryl methyl sites for hydroxylation is 2. The first-order valence-electron chi connectivity index (χ1n) is 6.09. The van der Waals surface area contributed by atoms with Crippen LogP contribution >= 0.6 is 0 Å². The fourth-order valence-corrected chi connectivity index (χ4v) is 2.18. The summed E-state index contributed by atoms with van der Waals surface area (Å²) in [6.07, 6.45) is 8.37. The first-order valence-corrected chi connectivity index (χ1v) is 6.09. The lowest BCUT2D eigenvalue weighted by Crippen LogP contribution is -2.13. The van der Waals surface area contributed by atoms with E-state index >= 15 is 0 Å². The second-order valence-electron chi connectivity index (χ2n) is 5.85. The predicted molar refractivity (Wildman–Crippen MR) is 62.9 cm³/mol. The van der Waals surface area contributed by atoms with Gasteiger partial charge in [-0.2, -0.15) is 0 Å². The molecular formula is C13H22N2. The van der Waals surface area contributed by atoms with Crippen LogP contribution in [0.5, 0.6) is 0 Å². The third-order valence-electron chi connectivity index (χ3n) is 3.21. The summed E-state index contributed by atoms with van der Waals surface area (Å²) in [5.41, 5.74) is 3.28. The minimum Gasteiger partial charge on any atom is -0.334 e. The average molecular weight is 206 g/mol. The van der Waals surface area contributed by atoms with Crippen LogP contribution in [-0.2, 0) is 19.4 Å². The van der Waals surface area contributed by atoms with Crippen LogP contribution in [0.25, 0.3) is 0 Å². The Kier molecular flexibility index (Phi) is 2.85. The summed E-state index contributed by atoms with van der Waals surface area (Å²) in [4.78, 5) is 4.52. The van der Waals surface area contributed by atoms with Crippen LogP contribution in [0.3, 0.4) is 0 Å². The number of aromatic nitrogens is 2. The highest BCUT2D eigenvalue weighted by atomic mass is 15.1. The van der Waals surface area contributed by atoms with Crippen molar-refractivity contribution in [1.82, 2.24) is 9.55 Å². The predicted octanol–water partition coefficient (Wildman–Crippen LogP) is 3.20. The van der Waals surface area contributed by atoms with Crippen molar-refractivity contribution in [3.63, 3.8) is 0 Å². The Balaban J connectivity index is 2.06. The lowest BCUT2D eigenvalue weighted by atomic mass is 9.92. The highest BCUT2D eigenvalue weighted by molar-refractivity contribution is 5.16. The maximum absolute atomic E-state index is 4.52. The molecule has 0 bridgehead atoms. The number of hydrogen-bond donors (Lipinski definition) is 0. The van der Waals surface area contributed by atoms with Crippen molar-refractivity contribution < 1.29 is 0 Å². The molecule has 0 amide bonds. The van der Waals surface area contributed by atoms with E-state index in [1.165, 1.54) is 43.5 Å². The van der Waals surface area contributed by atoms with Gasteiger partial charge in [-0.25, -0.2) is 4.98 Å². The van der Waals surface area contributed by atoms with E-state index in [0.29, 0.717) is 5.41 Å². The van der Waals surface area contributed by atoms with Gasteiger partial charge in [-0.05, 0) is 37.5 Å². The van der Waals surface area contributed by atoms with E-state index in [1.807, 2.05) is 6.33 Å². The molecule has 0 fully saturated rings. The molecule has 0 saturated carbocycles. The van der Waals surface area contributed by atoms with E-state index in [2.05, 4.69) is 30.3 Å². The molecule has 1 aliphatic rings. The summed E-state index contributed by atoms with van der Waals surface area (Å²) in [5.74, 6) is 0. The van der Waals surface area contributed by atoms with E-state index in [0.717, 1.165) is 6.54 Å². The number of imidazole rings is 1. The highest BCUT2D eigenvalue weighted by Gasteiger charge is 2.16. The Labute approximate surface area is 92.7 Å². The first kappa shape index (κ1) is 10.7. The third kappa shape index (κ3) is 2.61. The van der Waals surface area contributed by atoms with Crippen molar-refractivity contribution in [2.45, 2.75) is 59.4 Å². The Morgan fingerprint density at radius 1 is 1.27 bits per heavy atom. The van der Waals surface area contributed by atoms with Crippen molar-refractivity contribution in [3.8, 4) is 0 Å². The summed E-state index contributed by atoms with van der Waals surface area (Å²) >= 11 is 0. The van der Waals surface area contributed by atoms with Gasteiger partial charge in [0.2, 0.25) is 0 Å². The van der Waals surface area contributed by atoms with Crippen molar-refractivity contribution in [2.24, 2.45) is 5.41 Å². The van der Waals surface area contributed by atoms with Gasteiger partial charge in [0.15, 0.2) is 0 Å². The molecule has 0 atom stereocenters. The van der Waals surface area contributed by atoms with Crippen LogP contribution in [0.2, 0.25) is 0 Å². The standard InChI is InChI=1S/C13H22N2/c1-13(2,3)8-9-15-10-14-11-6-4-5-7-12(11)15/h10H,4-9H2,1-3H3. The first-order chi connectivity index (χ1) is 7.06. The Bertz CT molecular complexity index is 331. The number of rotatable bonds is 2. The molecule has 1 aliphatic carbocycles. The maximum Gasteiger partial charge on any atom is 0.0951 e. The van der Waals surface area contributed by atoms with Crippen LogP contribution in [0.1, 0.15) is 51.4 Å². The SMILES string of the molecule is CC(C)(C)CCn1cnc2c1CCCC2. The molecule has 2 heteroatoms. The van der Waals surface area contributed by atoms with Crippen molar-refractivity contribution in [3.05, 3.63) is 17.7 Å². The van der Waals surface area contributed by atoms with Crippen molar-refractivity contribution >= 4 is 0 Å². The van der Waals surface area contributed by atoms with Crippen LogP contribution in [0, 0.1) is 5.41 Å². The van der Waals surface area contributed by atoms with E-state index in [1.54, 1.807) is 0 Å². The number of nitrogens with zero attached hydrogens (tertiary/aromatic N) is 2. The molecule has 1 heterocycles. The molecule has 1 aromatic heterocycles. The topological polar surface area (TPSA) is 17.8 Å².